The molecule has 0 spiro atoms. The number of alkyl halides is 2. The van der Waals surface area contributed by atoms with E-state index in [2.05, 4.69) is 10.3 Å². The first kappa shape index (κ1) is 34.0. The molecule has 5 rings (SSSR count). The van der Waals surface area contributed by atoms with Crippen LogP contribution in [0.5, 0.6) is 0 Å². The molecule has 0 aliphatic carbocycles. The largest absolute Gasteiger partial charge is 0.481 e. The topological polar surface area (TPSA) is 126 Å². The van der Waals surface area contributed by atoms with Gasteiger partial charge >= 0.3 is 11.9 Å². The zero-order valence-corrected chi connectivity index (χ0v) is 27.1. The minimum Gasteiger partial charge on any atom is -0.481 e. The highest BCUT2D eigenvalue weighted by atomic mass is 32.1. The van der Waals surface area contributed by atoms with E-state index in [9.17, 15) is 19.1 Å². The Morgan fingerprint density at radius 2 is 2.04 bits per heavy atom. The summed E-state index contributed by atoms with van der Waals surface area (Å²) in [6.45, 7) is 7.10. The zero-order chi connectivity index (χ0) is 33.4. The maximum atomic E-state index is 15.8. The van der Waals surface area contributed by atoms with E-state index in [4.69, 9.17) is 19.3 Å². The number of nitrogens with zero attached hydrogens (tertiary/aromatic N) is 4. The van der Waals surface area contributed by atoms with Crippen LogP contribution in [0, 0.1) is 18.2 Å². The average molecular weight is 666 g/mol. The van der Waals surface area contributed by atoms with Gasteiger partial charge in [0.2, 0.25) is 0 Å². The van der Waals surface area contributed by atoms with Gasteiger partial charge in [-0.15, -0.1) is 11.3 Å². The number of amidine groups is 1. The molecule has 11 nitrogen and oxygen atoms in total. The summed E-state index contributed by atoms with van der Waals surface area (Å²) < 4.78 is 57.6. The molecular formula is C31H38F3N5O6S. The van der Waals surface area contributed by atoms with Gasteiger partial charge in [-0.25, -0.2) is 22.9 Å². The lowest BCUT2D eigenvalue weighted by molar-refractivity contribution is -0.207. The first-order valence-corrected chi connectivity index (χ1v) is 15.9. The van der Waals surface area contributed by atoms with Crippen molar-refractivity contribution in [1.82, 2.24) is 20.3 Å². The second-order valence-electron chi connectivity index (χ2n) is 12.0. The molecule has 0 amide bonds. The molecular weight excluding hydrogens is 627 g/mol. The third-order valence-electron chi connectivity index (χ3n) is 8.69. The molecule has 2 saturated heterocycles. The highest BCUT2D eigenvalue weighted by Crippen LogP contribution is 2.42. The van der Waals surface area contributed by atoms with E-state index < -0.39 is 59.9 Å². The number of nitrogens with one attached hydrogen (secondary N) is 1. The van der Waals surface area contributed by atoms with Crippen LogP contribution in [-0.2, 0) is 23.9 Å². The SMILES string of the molecule is CCOC(=O)C1=C(CN2CC(F)(F)[C@@H]3[C@H]2CON3C[C@@H](OCC)C(C)(C)C(=O)O)NC(c2nccs2)=N[C@H]1c1cccc(F)c1C. The van der Waals surface area contributed by atoms with Crippen molar-refractivity contribution < 1.29 is 42.2 Å². The first-order chi connectivity index (χ1) is 21.8. The number of aliphatic carboxylic acids is 1. The molecule has 0 saturated carbocycles. The molecule has 250 valence electrons. The molecule has 2 aromatic rings. The van der Waals surface area contributed by atoms with E-state index in [1.807, 2.05) is 0 Å². The number of aliphatic imine (C=N–C) groups is 1. The third kappa shape index (κ3) is 6.43. The van der Waals surface area contributed by atoms with Crippen LogP contribution in [0.2, 0.25) is 0 Å². The standard InChI is InChI=1S/C31H38F3N5O6S/c1-6-43-22(30(4,5)29(41)42)14-39-25-21(15-45-39)38(16-31(25,33)34)13-20-23(28(40)44-7-2)24(18-9-8-10-19(32)17(18)3)37-26(36-20)27-35-11-12-46-27/h8-12,21-22,24-25H,6-7,13-16H2,1-5H3,(H,36,37)(H,41,42)/t21-,22-,24+,25+/m1/s1. The van der Waals surface area contributed by atoms with Crippen LogP contribution < -0.4 is 5.32 Å². The molecule has 4 atom stereocenters. The number of carboxylic acid groups (broad SMARTS) is 1. The number of hydrogen-bond acceptors (Lipinski definition) is 11. The number of fused-ring (bicyclic) bond motifs is 1. The molecule has 0 radical (unpaired) electrons. The van der Waals surface area contributed by atoms with Crippen LogP contribution in [0.1, 0.15) is 49.9 Å². The number of aromatic nitrogens is 1. The quantitative estimate of drug-likeness (QED) is 0.322. The molecule has 0 unspecified atom stereocenters. The number of carbonyl (C=O) groups is 2. The van der Waals surface area contributed by atoms with Gasteiger partial charge in [0.1, 0.15) is 17.9 Å². The van der Waals surface area contributed by atoms with Gasteiger partial charge in [-0.1, -0.05) is 12.1 Å². The lowest BCUT2D eigenvalue weighted by atomic mass is 9.86. The molecule has 2 N–H and O–H groups in total. The maximum Gasteiger partial charge on any atom is 0.338 e. The molecule has 1 aromatic carbocycles. The monoisotopic (exact) mass is 665 g/mol. The molecule has 3 aliphatic rings. The van der Waals surface area contributed by atoms with Crippen LogP contribution in [0.25, 0.3) is 0 Å². The number of benzene rings is 1. The summed E-state index contributed by atoms with van der Waals surface area (Å²) in [5, 5.41) is 16.3. The molecule has 15 heteroatoms. The molecule has 0 bridgehead atoms. The van der Waals surface area contributed by atoms with E-state index in [0.29, 0.717) is 22.0 Å². The van der Waals surface area contributed by atoms with Crippen molar-refractivity contribution in [2.75, 3.05) is 39.5 Å². The lowest BCUT2D eigenvalue weighted by Crippen LogP contribution is -2.52. The Balaban J connectivity index is 1.51. The van der Waals surface area contributed by atoms with Gasteiger partial charge in [-0.3, -0.25) is 19.5 Å². The van der Waals surface area contributed by atoms with Gasteiger partial charge in [0.25, 0.3) is 5.92 Å². The van der Waals surface area contributed by atoms with E-state index >= 15 is 8.78 Å². The van der Waals surface area contributed by atoms with Gasteiger partial charge in [-0.2, -0.15) is 5.06 Å². The normalized spacial score (nSPS) is 24.0. The highest BCUT2D eigenvalue weighted by Gasteiger charge is 2.61. The number of halogens is 3. The van der Waals surface area contributed by atoms with Gasteiger partial charge in [0.05, 0.1) is 49.4 Å². The second kappa shape index (κ2) is 13.4. The van der Waals surface area contributed by atoms with Gasteiger partial charge in [0.15, 0.2) is 10.8 Å². The highest BCUT2D eigenvalue weighted by molar-refractivity contribution is 7.11. The number of hydrogen-bond donors (Lipinski definition) is 2. The Bertz CT molecular complexity index is 1520. The Morgan fingerprint density at radius 1 is 1.28 bits per heavy atom. The van der Waals surface area contributed by atoms with Crippen molar-refractivity contribution in [3.63, 3.8) is 0 Å². The lowest BCUT2D eigenvalue weighted by Gasteiger charge is -2.35. The van der Waals surface area contributed by atoms with Crippen molar-refractivity contribution in [3.8, 4) is 0 Å². The molecule has 2 fully saturated rings. The van der Waals surface area contributed by atoms with Gasteiger partial charge < -0.3 is 19.9 Å². The van der Waals surface area contributed by atoms with Crippen LogP contribution >= 0.6 is 11.3 Å². The zero-order valence-electron chi connectivity index (χ0n) is 26.3. The number of carbonyl (C=O) groups excluding carboxylic acids is 1. The average Bonchev–Trinajstić information content (AvgIpc) is 3.73. The maximum absolute atomic E-state index is 15.8. The van der Waals surface area contributed by atoms with Crippen molar-refractivity contribution in [1.29, 1.82) is 0 Å². The van der Waals surface area contributed by atoms with Crippen molar-refractivity contribution in [2.45, 2.75) is 64.8 Å². The molecule has 3 aliphatic heterocycles. The van der Waals surface area contributed by atoms with Crippen molar-refractivity contribution >= 4 is 29.1 Å². The number of ether oxygens (including phenoxy) is 2. The van der Waals surface area contributed by atoms with Crippen LogP contribution in [0.3, 0.4) is 0 Å². The molecule has 4 heterocycles. The van der Waals surface area contributed by atoms with E-state index in [0.717, 1.165) is 5.06 Å². The van der Waals surface area contributed by atoms with Gasteiger partial charge in [0, 0.05) is 30.4 Å². The number of carboxylic acids is 1. The minimum absolute atomic E-state index is 0.0521. The van der Waals surface area contributed by atoms with E-state index in [-0.39, 0.29) is 44.2 Å². The number of esters is 1. The van der Waals surface area contributed by atoms with Gasteiger partial charge in [-0.05, 0) is 51.8 Å². The smallest absolute Gasteiger partial charge is 0.338 e. The third-order valence-corrected chi connectivity index (χ3v) is 9.47. The first-order valence-electron chi connectivity index (χ1n) is 15.1. The minimum atomic E-state index is -3.25. The van der Waals surface area contributed by atoms with Crippen LogP contribution in [-0.4, -0.2) is 101 Å². The number of likely N-dealkylation sites (tertiary alicyclic amines) is 1. The summed E-state index contributed by atoms with van der Waals surface area (Å²) in [5.41, 5.74) is -0.288. The number of hydroxylamine groups is 2. The summed E-state index contributed by atoms with van der Waals surface area (Å²) in [6.07, 6.45) is 0.665. The molecule has 1 aromatic heterocycles. The fraction of sp³-hybridized carbons (Fsp3) is 0.548. The summed E-state index contributed by atoms with van der Waals surface area (Å²) in [6, 6.07) is 1.31. The Morgan fingerprint density at radius 3 is 2.70 bits per heavy atom. The summed E-state index contributed by atoms with van der Waals surface area (Å²) in [5.74, 6) is -5.25. The second-order valence-corrected chi connectivity index (χ2v) is 12.8. The van der Waals surface area contributed by atoms with E-state index in [1.54, 1.807) is 38.4 Å². The number of thiazole rings is 1. The predicted octanol–water partition coefficient (Wildman–Crippen LogP) is 3.95. The Kier molecular flexibility index (Phi) is 9.89. The van der Waals surface area contributed by atoms with E-state index in [1.165, 1.54) is 42.2 Å². The fourth-order valence-corrected chi connectivity index (χ4v) is 6.70. The van der Waals surface area contributed by atoms with Crippen LogP contribution in [0.15, 0.2) is 46.0 Å². The summed E-state index contributed by atoms with van der Waals surface area (Å²) >= 11 is 1.30. The fourth-order valence-electron chi connectivity index (χ4n) is 6.11. The Labute approximate surface area is 269 Å². The Hall–Kier alpha value is -3.37. The van der Waals surface area contributed by atoms with Crippen LogP contribution in [0.4, 0.5) is 13.2 Å². The van der Waals surface area contributed by atoms with Crippen molar-refractivity contribution in [2.24, 2.45) is 10.4 Å². The summed E-state index contributed by atoms with van der Waals surface area (Å²) in [4.78, 5) is 41.9. The summed E-state index contributed by atoms with van der Waals surface area (Å²) in [7, 11) is 0. The molecule has 46 heavy (non-hydrogen) atoms. The van der Waals surface area contributed by atoms with Crippen molar-refractivity contribution in [3.05, 3.63) is 63.0 Å². The number of rotatable bonds is 12. The predicted molar refractivity (Wildman–Crippen MR) is 163 cm³/mol.